The van der Waals surface area contributed by atoms with Crippen LogP contribution in [-0.2, 0) is 24.3 Å². The first-order chi connectivity index (χ1) is 14.6. The highest BCUT2D eigenvalue weighted by Gasteiger charge is 2.22. The molecule has 0 aliphatic carbocycles. The zero-order valence-electron chi connectivity index (χ0n) is 16.7. The van der Waals surface area contributed by atoms with Gasteiger partial charge in [0.1, 0.15) is 11.4 Å². The number of carbonyl (C=O) groups excluding carboxylic acids is 1. The van der Waals surface area contributed by atoms with Crippen LogP contribution in [0.15, 0.2) is 65.0 Å². The van der Waals surface area contributed by atoms with E-state index in [0.717, 1.165) is 17.5 Å². The summed E-state index contributed by atoms with van der Waals surface area (Å²) in [7, 11) is 0. The van der Waals surface area contributed by atoms with Crippen LogP contribution in [0.1, 0.15) is 16.7 Å². The SMILES string of the molecule is Cc1ccc(-c2csc3ncn(CC(=O)N4CCc5ccccc5C4)c(=O)c23)cc1. The number of thiophene rings is 1. The Labute approximate surface area is 178 Å². The largest absolute Gasteiger partial charge is 0.336 e. The summed E-state index contributed by atoms with van der Waals surface area (Å²) in [6.45, 7) is 3.31. The molecule has 0 unspecified atom stereocenters. The maximum absolute atomic E-state index is 13.2. The highest BCUT2D eigenvalue weighted by molar-refractivity contribution is 7.17. The first kappa shape index (κ1) is 18.8. The molecular formula is C24H21N3O2S. The molecule has 0 N–H and O–H groups in total. The average molecular weight is 416 g/mol. The van der Waals surface area contributed by atoms with Crippen LogP contribution in [0, 0.1) is 6.92 Å². The van der Waals surface area contributed by atoms with Gasteiger partial charge in [0.2, 0.25) is 5.91 Å². The molecule has 150 valence electrons. The van der Waals surface area contributed by atoms with Crippen LogP contribution in [-0.4, -0.2) is 26.9 Å². The number of aryl methyl sites for hydroxylation is 1. The fourth-order valence-corrected chi connectivity index (χ4v) is 4.89. The number of carbonyl (C=O) groups is 1. The van der Waals surface area contributed by atoms with Crippen LogP contribution in [0.5, 0.6) is 0 Å². The lowest BCUT2D eigenvalue weighted by Gasteiger charge is -2.29. The lowest BCUT2D eigenvalue weighted by atomic mass is 10.00. The normalized spacial score (nSPS) is 13.4. The molecule has 0 bridgehead atoms. The van der Waals surface area contributed by atoms with Crippen LogP contribution in [0.2, 0.25) is 0 Å². The Hall–Kier alpha value is -3.25. The summed E-state index contributed by atoms with van der Waals surface area (Å²) in [5, 5.41) is 2.56. The van der Waals surface area contributed by atoms with E-state index in [1.165, 1.54) is 38.9 Å². The standard InChI is InChI=1S/C24H21N3O2S/c1-16-6-8-18(9-7-16)20-14-30-23-22(20)24(29)27(15-25-23)13-21(28)26-11-10-17-4-2-3-5-19(17)12-26/h2-9,14-15H,10-13H2,1H3. The van der Waals surface area contributed by atoms with Gasteiger partial charge in [-0.1, -0.05) is 54.1 Å². The monoisotopic (exact) mass is 415 g/mol. The number of benzene rings is 2. The summed E-state index contributed by atoms with van der Waals surface area (Å²) in [5.74, 6) is -0.0557. The van der Waals surface area contributed by atoms with Crippen molar-refractivity contribution in [2.24, 2.45) is 0 Å². The van der Waals surface area contributed by atoms with Gasteiger partial charge in [0.25, 0.3) is 5.56 Å². The number of hydrogen-bond acceptors (Lipinski definition) is 4. The Morgan fingerprint density at radius 2 is 1.87 bits per heavy atom. The first-order valence-electron chi connectivity index (χ1n) is 9.98. The van der Waals surface area contributed by atoms with Crippen molar-refractivity contribution in [2.75, 3.05) is 6.54 Å². The minimum absolute atomic E-state index is 0.00707. The molecule has 0 atom stereocenters. The van der Waals surface area contributed by atoms with Crippen molar-refractivity contribution in [3.63, 3.8) is 0 Å². The molecule has 2 aromatic heterocycles. The van der Waals surface area contributed by atoms with Gasteiger partial charge < -0.3 is 4.90 Å². The lowest BCUT2D eigenvalue weighted by Crippen LogP contribution is -2.39. The quantitative estimate of drug-likeness (QED) is 0.508. The molecule has 2 aromatic carbocycles. The molecule has 3 heterocycles. The first-order valence-corrected chi connectivity index (χ1v) is 10.9. The van der Waals surface area contributed by atoms with E-state index in [2.05, 4.69) is 17.1 Å². The molecule has 0 fully saturated rings. The maximum Gasteiger partial charge on any atom is 0.263 e. The zero-order valence-corrected chi connectivity index (χ0v) is 17.5. The lowest BCUT2D eigenvalue weighted by molar-refractivity contribution is -0.132. The van der Waals surface area contributed by atoms with Gasteiger partial charge in [-0.2, -0.15) is 0 Å². The van der Waals surface area contributed by atoms with Gasteiger partial charge in [0.05, 0.1) is 11.7 Å². The van der Waals surface area contributed by atoms with Crippen LogP contribution >= 0.6 is 11.3 Å². The Morgan fingerprint density at radius 1 is 1.10 bits per heavy atom. The van der Waals surface area contributed by atoms with E-state index in [1.54, 1.807) is 0 Å². The van der Waals surface area contributed by atoms with E-state index < -0.39 is 0 Å². The van der Waals surface area contributed by atoms with Gasteiger partial charge in [-0.3, -0.25) is 14.2 Å². The molecule has 0 radical (unpaired) electrons. The Kier molecular flexibility index (Phi) is 4.71. The highest BCUT2D eigenvalue weighted by atomic mass is 32.1. The second-order valence-electron chi connectivity index (χ2n) is 7.71. The van der Waals surface area contributed by atoms with E-state index in [4.69, 9.17) is 0 Å². The van der Waals surface area contributed by atoms with E-state index >= 15 is 0 Å². The summed E-state index contributed by atoms with van der Waals surface area (Å²) in [4.78, 5) is 33.1. The van der Waals surface area contributed by atoms with Crippen LogP contribution in [0.4, 0.5) is 0 Å². The molecule has 1 aliphatic rings. The third kappa shape index (κ3) is 3.33. The molecular weight excluding hydrogens is 394 g/mol. The smallest absolute Gasteiger partial charge is 0.263 e. The van der Waals surface area contributed by atoms with Gasteiger partial charge in [0, 0.05) is 24.0 Å². The minimum atomic E-state index is -0.164. The molecule has 30 heavy (non-hydrogen) atoms. The van der Waals surface area contributed by atoms with Crippen molar-refractivity contribution in [1.82, 2.24) is 14.5 Å². The molecule has 5 rings (SSSR count). The van der Waals surface area contributed by atoms with Crippen LogP contribution < -0.4 is 5.56 Å². The van der Waals surface area contributed by atoms with Gasteiger partial charge in [-0.05, 0) is 30.0 Å². The Bertz CT molecular complexity index is 1300. The molecule has 5 nitrogen and oxygen atoms in total. The number of nitrogens with zero attached hydrogens (tertiary/aromatic N) is 3. The number of fused-ring (bicyclic) bond motifs is 2. The maximum atomic E-state index is 13.2. The van der Waals surface area contributed by atoms with E-state index in [9.17, 15) is 9.59 Å². The van der Waals surface area contributed by atoms with Gasteiger partial charge in [-0.15, -0.1) is 11.3 Å². The average Bonchev–Trinajstić information content (AvgIpc) is 3.21. The summed E-state index contributed by atoms with van der Waals surface area (Å²) >= 11 is 1.46. The second-order valence-corrected chi connectivity index (χ2v) is 8.57. The predicted octanol–water partition coefficient (Wildman–Crippen LogP) is 4.02. The molecule has 4 aromatic rings. The minimum Gasteiger partial charge on any atom is -0.336 e. The van der Waals surface area contributed by atoms with Crippen LogP contribution in [0.25, 0.3) is 21.3 Å². The summed E-state index contributed by atoms with van der Waals surface area (Å²) in [6.07, 6.45) is 2.34. The molecule has 6 heteroatoms. The fourth-order valence-electron chi connectivity index (χ4n) is 3.98. The summed E-state index contributed by atoms with van der Waals surface area (Å²) in [5.41, 5.74) is 5.34. The van der Waals surface area contributed by atoms with Gasteiger partial charge in [-0.25, -0.2) is 4.98 Å². The third-order valence-corrected chi connectivity index (χ3v) is 6.60. The predicted molar refractivity (Wildman–Crippen MR) is 120 cm³/mol. The van der Waals surface area contributed by atoms with Crippen LogP contribution in [0.3, 0.4) is 0 Å². The number of aromatic nitrogens is 2. The zero-order chi connectivity index (χ0) is 20.7. The summed E-state index contributed by atoms with van der Waals surface area (Å²) < 4.78 is 1.44. The van der Waals surface area contributed by atoms with Crippen molar-refractivity contribution in [1.29, 1.82) is 0 Å². The van der Waals surface area contributed by atoms with Crippen molar-refractivity contribution in [3.8, 4) is 11.1 Å². The van der Waals surface area contributed by atoms with Crippen molar-refractivity contribution >= 4 is 27.5 Å². The topological polar surface area (TPSA) is 55.2 Å². The third-order valence-electron chi connectivity index (χ3n) is 5.71. The molecule has 0 spiro atoms. The summed E-state index contributed by atoms with van der Waals surface area (Å²) in [6, 6.07) is 16.3. The van der Waals surface area contributed by atoms with Crippen molar-refractivity contribution in [3.05, 3.63) is 87.3 Å². The van der Waals surface area contributed by atoms with E-state index in [0.29, 0.717) is 23.3 Å². The van der Waals surface area contributed by atoms with Crippen molar-refractivity contribution in [2.45, 2.75) is 26.4 Å². The molecule has 1 amide bonds. The van der Waals surface area contributed by atoms with Crippen molar-refractivity contribution < 1.29 is 4.79 Å². The molecule has 0 saturated carbocycles. The number of hydrogen-bond donors (Lipinski definition) is 0. The Morgan fingerprint density at radius 3 is 2.67 bits per heavy atom. The van der Waals surface area contributed by atoms with Gasteiger partial charge in [0.15, 0.2) is 0 Å². The Balaban J connectivity index is 1.45. The van der Waals surface area contributed by atoms with E-state index in [-0.39, 0.29) is 18.0 Å². The second kappa shape index (κ2) is 7.54. The number of rotatable bonds is 3. The fraction of sp³-hybridized carbons (Fsp3) is 0.208. The molecule has 0 saturated heterocycles. The van der Waals surface area contributed by atoms with E-state index in [1.807, 2.05) is 53.6 Å². The number of amides is 1. The molecule has 1 aliphatic heterocycles. The van der Waals surface area contributed by atoms with Gasteiger partial charge >= 0.3 is 0 Å². The highest BCUT2D eigenvalue weighted by Crippen LogP contribution is 2.30.